The number of hydrogen-bond donors (Lipinski definition) is 0. The van der Waals surface area contributed by atoms with E-state index < -0.39 is 24.4 Å². The second-order valence-corrected chi connectivity index (χ2v) is 4.74. The highest BCUT2D eigenvalue weighted by Crippen LogP contribution is 2.26. The third-order valence-corrected chi connectivity index (χ3v) is 3.54. The van der Waals surface area contributed by atoms with Crippen LogP contribution in [0, 0.1) is 0 Å². The van der Waals surface area contributed by atoms with Gasteiger partial charge in [-0.15, -0.1) is 0 Å². The second kappa shape index (κ2) is 5.22. The number of morpholine rings is 1. The molecule has 1 aromatic rings. The van der Waals surface area contributed by atoms with Crippen LogP contribution < -0.4 is 0 Å². The van der Waals surface area contributed by atoms with Crippen molar-refractivity contribution in [2.75, 3.05) is 20.3 Å². The number of cyclic esters (lactones) is 1. The van der Waals surface area contributed by atoms with Gasteiger partial charge in [-0.1, -0.05) is 18.2 Å². The summed E-state index contributed by atoms with van der Waals surface area (Å²) in [5.74, 6) is -0.640. The number of hydrogen-bond acceptors (Lipinski definition) is 5. The minimum atomic E-state index is -0.686. The van der Waals surface area contributed by atoms with E-state index in [0.717, 1.165) is 0 Å². The maximum Gasteiger partial charge on any atom is 0.331 e. The van der Waals surface area contributed by atoms with Crippen LogP contribution in [-0.2, 0) is 19.0 Å². The molecule has 0 unspecified atom stereocenters. The summed E-state index contributed by atoms with van der Waals surface area (Å²) in [6.45, 7) is 0.364. The first kappa shape index (κ1) is 13.1. The summed E-state index contributed by atoms with van der Waals surface area (Å²) in [4.78, 5) is 25.8. The number of benzene rings is 1. The van der Waals surface area contributed by atoms with Gasteiger partial charge in [0.05, 0.1) is 6.54 Å². The van der Waals surface area contributed by atoms with Gasteiger partial charge in [0.25, 0.3) is 5.91 Å². The fourth-order valence-electron chi connectivity index (χ4n) is 2.53. The molecule has 2 fully saturated rings. The van der Waals surface area contributed by atoms with Crippen molar-refractivity contribution in [1.82, 2.24) is 4.90 Å². The standard InChI is InChI=1S/C14H15NO5/c1-18-11-7-15(12-10(20-11)8-19-14(12)17)13(16)9-5-3-2-4-6-9/h2-6,10-12H,7-8H2,1H3/t10-,11+,12-/m0/s1. The number of carbonyl (C=O) groups is 2. The first-order valence-corrected chi connectivity index (χ1v) is 6.41. The number of esters is 1. The van der Waals surface area contributed by atoms with Crippen molar-refractivity contribution < 1.29 is 23.8 Å². The lowest BCUT2D eigenvalue weighted by atomic mass is 10.1. The summed E-state index contributed by atoms with van der Waals surface area (Å²) in [6, 6.07) is 8.15. The monoisotopic (exact) mass is 277 g/mol. The van der Waals surface area contributed by atoms with Gasteiger partial charge >= 0.3 is 5.97 Å². The van der Waals surface area contributed by atoms with Crippen LogP contribution in [0.4, 0.5) is 0 Å². The highest BCUT2D eigenvalue weighted by molar-refractivity contribution is 5.97. The van der Waals surface area contributed by atoms with Crippen molar-refractivity contribution in [2.24, 2.45) is 0 Å². The number of carbonyl (C=O) groups excluding carboxylic acids is 2. The first-order chi connectivity index (χ1) is 9.70. The van der Waals surface area contributed by atoms with E-state index in [1.165, 1.54) is 12.0 Å². The summed E-state index contributed by atoms with van der Waals surface area (Å²) >= 11 is 0. The van der Waals surface area contributed by atoms with Crippen molar-refractivity contribution in [3.63, 3.8) is 0 Å². The SMILES string of the molecule is CO[C@H]1CN(C(=O)c2ccccc2)[C@@H]2C(=O)OC[C@@H]2O1. The van der Waals surface area contributed by atoms with E-state index >= 15 is 0 Å². The third kappa shape index (κ3) is 2.17. The Morgan fingerprint density at radius 3 is 2.80 bits per heavy atom. The van der Waals surface area contributed by atoms with E-state index in [0.29, 0.717) is 5.56 Å². The number of methoxy groups -OCH3 is 1. The molecule has 0 spiro atoms. The normalized spacial score (nSPS) is 28.9. The van der Waals surface area contributed by atoms with Crippen molar-refractivity contribution in [3.8, 4) is 0 Å². The highest BCUT2D eigenvalue weighted by atomic mass is 16.7. The predicted octanol–water partition coefficient (Wildman–Crippen LogP) is 0.425. The number of ether oxygens (including phenoxy) is 3. The Balaban J connectivity index is 1.88. The summed E-state index contributed by atoms with van der Waals surface area (Å²) in [5.41, 5.74) is 0.530. The fourth-order valence-corrected chi connectivity index (χ4v) is 2.53. The number of nitrogens with zero attached hydrogens (tertiary/aromatic N) is 1. The molecular formula is C14H15NO5. The summed E-state index contributed by atoms with van der Waals surface area (Å²) in [6.07, 6.45) is -1.01. The lowest BCUT2D eigenvalue weighted by molar-refractivity contribution is -0.199. The van der Waals surface area contributed by atoms with Gasteiger partial charge in [0, 0.05) is 12.7 Å². The molecule has 3 rings (SSSR count). The summed E-state index contributed by atoms with van der Waals surface area (Å²) in [5, 5.41) is 0. The maximum absolute atomic E-state index is 12.6. The van der Waals surface area contributed by atoms with Gasteiger partial charge in [-0.05, 0) is 12.1 Å². The van der Waals surface area contributed by atoms with Gasteiger partial charge in [0.2, 0.25) is 0 Å². The molecule has 1 aromatic carbocycles. The van der Waals surface area contributed by atoms with Crippen LogP contribution in [0.2, 0.25) is 0 Å². The van der Waals surface area contributed by atoms with Crippen LogP contribution in [0.1, 0.15) is 10.4 Å². The molecular weight excluding hydrogens is 262 g/mol. The fraction of sp³-hybridized carbons (Fsp3) is 0.429. The average Bonchev–Trinajstić information content (AvgIpc) is 2.88. The van der Waals surface area contributed by atoms with Gasteiger partial charge in [-0.25, -0.2) is 4.79 Å². The van der Waals surface area contributed by atoms with Gasteiger partial charge in [-0.3, -0.25) is 4.79 Å². The zero-order chi connectivity index (χ0) is 14.1. The van der Waals surface area contributed by atoms with Gasteiger partial charge < -0.3 is 19.1 Å². The quantitative estimate of drug-likeness (QED) is 0.733. The highest BCUT2D eigenvalue weighted by Gasteiger charge is 2.49. The zero-order valence-electron chi connectivity index (χ0n) is 11.0. The number of fused-ring (bicyclic) bond motifs is 1. The molecule has 6 heteroatoms. The van der Waals surface area contributed by atoms with Crippen LogP contribution in [-0.4, -0.2) is 55.5 Å². The van der Waals surface area contributed by atoms with Crippen LogP contribution in [0.5, 0.6) is 0 Å². The Morgan fingerprint density at radius 2 is 2.10 bits per heavy atom. The predicted molar refractivity (Wildman–Crippen MR) is 67.9 cm³/mol. The van der Waals surface area contributed by atoms with Gasteiger partial charge in [0.1, 0.15) is 12.7 Å². The van der Waals surface area contributed by atoms with Crippen LogP contribution >= 0.6 is 0 Å². The molecule has 1 amide bonds. The van der Waals surface area contributed by atoms with Crippen molar-refractivity contribution in [3.05, 3.63) is 35.9 Å². The minimum Gasteiger partial charge on any atom is -0.461 e. The molecule has 106 valence electrons. The van der Waals surface area contributed by atoms with E-state index in [9.17, 15) is 9.59 Å². The van der Waals surface area contributed by atoms with E-state index in [1.807, 2.05) is 6.07 Å². The molecule has 0 bridgehead atoms. The van der Waals surface area contributed by atoms with Crippen LogP contribution in [0.25, 0.3) is 0 Å². The summed E-state index contributed by atoms with van der Waals surface area (Å²) in [7, 11) is 1.51. The molecule has 2 heterocycles. The molecule has 20 heavy (non-hydrogen) atoms. The Morgan fingerprint density at radius 1 is 1.35 bits per heavy atom. The Labute approximate surface area is 116 Å². The first-order valence-electron chi connectivity index (χ1n) is 6.41. The molecule has 0 aliphatic carbocycles. The Hall–Kier alpha value is -1.92. The topological polar surface area (TPSA) is 65.1 Å². The molecule has 2 aliphatic rings. The molecule has 2 aliphatic heterocycles. The van der Waals surface area contributed by atoms with Crippen molar-refractivity contribution in [1.29, 1.82) is 0 Å². The maximum atomic E-state index is 12.6. The third-order valence-electron chi connectivity index (χ3n) is 3.54. The van der Waals surface area contributed by atoms with E-state index in [1.54, 1.807) is 24.3 Å². The lowest BCUT2D eigenvalue weighted by Gasteiger charge is -2.38. The van der Waals surface area contributed by atoms with E-state index in [-0.39, 0.29) is 19.1 Å². The second-order valence-electron chi connectivity index (χ2n) is 4.74. The minimum absolute atomic E-state index is 0.155. The van der Waals surface area contributed by atoms with Gasteiger partial charge in [0.15, 0.2) is 12.3 Å². The molecule has 3 atom stereocenters. The molecule has 6 nitrogen and oxygen atoms in total. The number of rotatable bonds is 2. The Kier molecular flexibility index (Phi) is 3.42. The number of amides is 1. The van der Waals surface area contributed by atoms with Crippen molar-refractivity contribution >= 4 is 11.9 Å². The van der Waals surface area contributed by atoms with Crippen LogP contribution in [0.15, 0.2) is 30.3 Å². The largest absolute Gasteiger partial charge is 0.461 e. The zero-order valence-corrected chi connectivity index (χ0v) is 11.0. The van der Waals surface area contributed by atoms with E-state index in [2.05, 4.69) is 0 Å². The molecule has 0 radical (unpaired) electrons. The van der Waals surface area contributed by atoms with Crippen LogP contribution in [0.3, 0.4) is 0 Å². The summed E-state index contributed by atoms with van der Waals surface area (Å²) < 4.78 is 15.7. The smallest absolute Gasteiger partial charge is 0.331 e. The molecule has 0 saturated carbocycles. The molecule has 0 N–H and O–H groups in total. The molecule has 2 saturated heterocycles. The van der Waals surface area contributed by atoms with Gasteiger partial charge in [-0.2, -0.15) is 0 Å². The lowest BCUT2D eigenvalue weighted by Crippen LogP contribution is -2.58. The van der Waals surface area contributed by atoms with Crippen molar-refractivity contribution in [2.45, 2.75) is 18.4 Å². The Bertz CT molecular complexity index is 518. The molecule has 0 aromatic heterocycles. The van der Waals surface area contributed by atoms with E-state index in [4.69, 9.17) is 14.2 Å². The average molecular weight is 277 g/mol.